The van der Waals surface area contributed by atoms with Crippen LogP contribution in [0.5, 0.6) is 5.75 Å². The maximum Gasteiger partial charge on any atom is 0.344 e. The molecule has 1 fully saturated rings. The van der Waals surface area contributed by atoms with Gasteiger partial charge in [-0.25, -0.2) is 14.1 Å². The Labute approximate surface area is 164 Å². The first-order valence-electron chi connectivity index (χ1n) is 8.42. The normalized spacial score (nSPS) is 16.5. The number of rotatable bonds is 6. The number of hydrogen-bond donors (Lipinski definition) is 1. The number of carboxylic acid groups (broad SMARTS) is 1. The lowest BCUT2D eigenvalue weighted by molar-refractivity contribution is -0.145. The minimum absolute atomic E-state index is 0.0866. The molecule has 1 N–H and O–H groups in total. The molecule has 0 saturated carbocycles. The van der Waals surface area contributed by atoms with Crippen LogP contribution in [0.4, 0.5) is 14.9 Å². The second-order valence-corrected chi connectivity index (χ2v) is 6.88. The number of carbonyl (C=O) groups is 3. The Hall–Kier alpha value is -3.13. The van der Waals surface area contributed by atoms with Gasteiger partial charge in [0.15, 0.2) is 6.10 Å². The molecule has 6 nitrogen and oxygen atoms in total. The Kier molecular flexibility index (Phi) is 5.79. The van der Waals surface area contributed by atoms with Crippen LogP contribution in [0, 0.1) is 5.82 Å². The van der Waals surface area contributed by atoms with Crippen LogP contribution in [0.3, 0.4) is 0 Å². The second-order valence-electron chi connectivity index (χ2n) is 5.89. The summed E-state index contributed by atoms with van der Waals surface area (Å²) in [6.07, 6.45) is 0.896. The highest BCUT2D eigenvalue weighted by Gasteiger charge is 2.37. The van der Waals surface area contributed by atoms with Crippen LogP contribution in [0.25, 0.3) is 6.08 Å². The van der Waals surface area contributed by atoms with Gasteiger partial charge in [-0.15, -0.1) is 0 Å². The summed E-state index contributed by atoms with van der Waals surface area (Å²) in [6.45, 7) is 1.71. The topological polar surface area (TPSA) is 83.9 Å². The summed E-state index contributed by atoms with van der Waals surface area (Å²) in [4.78, 5) is 36.8. The Morgan fingerprint density at radius 2 is 1.89 bits per heavy atom. The van der Waals surface area contributed by atoms with Crippen molar-refractivity contribution in [2.45, 2.75) is 19.4 Å². The molecule has 28 heavy (non-hydrogen) atoms. The Balaban J connectivity index is 1.79. The van der Waals surface area contributed by atoms with Crippen molar-refractivity contribution in [3.05, 3.63) is 64.8 Å². The van der Waals surface area contributed by atoms with E-state index < -0.39 is 29.0 Å². The lowest BCUT2D eigenvalue weighted by atomic mass is 10.2. The van der Waals surface area contributed by atoms with E-state index in [0.29, 0.717) is 17.7 Å². The molecule has 1 atom stereocenters. The number of carbonyl (C=O) groups excluding carboxylic acids is 2. The average Bonchev–Trinajstić information content (AvgIpc) is 2.94. The number of hydrogen-bond acceptors (Lipinski definition) is 5. The van der Waals surface area contributed by atoms with Gasteiger partial charge in [0.05, 0.1) is 10.6 Å². The zero-order valence-electron chi connectivity index (χ0n) is 14.8. The van der Waals surface area contributed by atoms with Crippen LogP contribution in [0.1, 0.15) is 18.9 Å². The maximum absolute atomic E-state index is 13.9. The van der Waals surface area contributed by atoms with Crippen molar-refractivity contribution in [3.8, 4) is 5.75 Å². The fraction of sp³-hybridized carbons (Fsp3) is 0.150. The van der Waals surface area contributed by atoms with Gasteiger partial charge in [0.1, 0.15) is 11.6 Å². The third kappa shape index (κ3) is 4.07. The number of imide groups is 1. The summed E-state index contributed by atoms with van der Waals surface area (Å²) >= 11 is 0.725. The molecule has 1 saturated heterocycles. The number of benzene rings is 2. The molecule has 0 aliphatic carbocycles. The van der Waals surface area contributed by atoms with E-state index in [1.165, 1.54) is 24.3 Å². The van der Waals surface area contributed by atoms with Crippen molar-refractivity contribution < 1.29 is 28.6 Å². The first-order chi connectivity index (χ1) is 13.4. The molecule has 0 bridgehead atoms. The molecule has 144 valence electrons. The summed E-state index contributed by atoms with van der Waals surface area (Å²) < 4.78 is 19.3. The molecular formula is C20H16FNO5S. The number of thioether (sulfide) groups is 1. The molecule has 1 unspecified atom stereocenters. The first kappa shape index (κ1) is 19.6. The zero-order valence-corrected chi connectivity index (χ0v) is 15.6. The van der Waals surface area contributed by atoms with E-state index >= 15 is 0 Å². The number of nitrogens with zero attached hydrogens (tertiary/aromatic N) is 1. The number of amides is 2. The molecule has 0 radical (unpaired) electrons. The predicted octanol–water partition coefficient (Wildman–Crippen LogP) is 4.31. The number of halogens is 1. The van der Waals surface area contributed by atoms with Crippen LogP contribution >= 0.6 is 11.8 Å². The number of para-hydroxylation sites is 1. The minimum Gasteiger partial charge on any atom is -0.479 e. The fourth-order valence-corrected chi connectivity index (χ4v) is 3.41. The highest BCUT2D eigenvalue weighted by Crippen LogP contribution is 2.36. The van der Waals surface area contributed by atoms with E-state index in [9.17, 15) is 18.8 Å². The van der Waals surface area contributed by atoms with Gasteiger partial charge in [0.25, 0.3) is 11.1 Å². The van der Waals surface area contributed by atoms with Gasteiger partial charge in [0.2, 0.25) is 0 Å². The lowest BCUT2D eigenvalue weighted by Gasteiger charge is -2.13. The second kappa shape index (κ2) is 8.26. The van der Waals surface area contributed by atoms with E-state index in [1.54, 1.807) is 37.3 Å². The van der Waals surface area contributed by atoms with Gasteiger partial charge in [0, 0.05) is 0 Å². The number of carboxylic acids is 1. The average molecular weight is 401 g/mol. The van der Waals surface area contributed by atoms with E-state index in [0.717, 1.165) is 16.7 Å². The molecular weight excluding hydrogens is 385 g/mol. The molecule has 0 spiro atoms. The molecule has 2 aromatic carbocycles. The summed E-state index contributed by atoms with van der Waals surface area (Å²) in [6, 6.07) is 12.0. The maximum atomic E-state index is 13.9. The molecule has 1 aliphatic heterocycles. The van der Waals surface area contributed by atoms with Crippen molar-refractivity contribution >= 4 is 40.6 Å². The Morgan fingerprint density at radius 1 is 1.21 bits per heavy atom. The van der Waals surface area contributed by atoms with Crippen molar-refractivity contribution in [1.82, 2.24) is 0 Å². The van der Waals surface area contributed by atoms with Gasteiger partial charge in [-0.2, -0.15) is 0 Å². The van der Waals surface area contributed by atoms with Gasteiger partial charge in [-0.05, 0) is 54.1 Å². The van der Waals surface area contributed by atoms with Crippen LogP contribution in [0.2, 0.25) is 0 Å². The highest BCUT2D eigenvalue weighted by molar-refractivity contribution is 8.19. The molecule has 0 aromatic heterocycles. The molecule has 2 amide bonds. The Morgan fingerprint density at radius 3 is 2.50 bits per heavy atom. The molecule has 3 rings (SSSR count). The standard InChI is InChI=1S/C20H16FNO5S/c1-2-16(19(24)25)27-13-9-7-12(8-10-13)11-17-18(23)22(20(26)28-17)15-6-4-3-5-14(15)21/h3-11,16H,2H2,1H3,(H,24,25)/b17-11+. The van der Waals surface area contributed by atoms with Gasteiger partial charge >= 0.3 is 5.97 Å². The van der Waals surface area contributed by atoms with Gasteiger partial charge < -0.3 is 9.84 Å². The van der Waals surface area contributed by atoms with Crippen LogP contribution in [-0.4, -0.2) is 28.3 Å². The fourth-order valence-electron chi connectivity index (χ4n) is 2.58. The van der Waals surface area contributed by atoms with E-state index in [-0.39, 0.29) is 10.6 Å². The summed E-state index contributed by atoms with van der Waals surface area (Å²) in [5, 5.41) is 8.46. The van der Waals surface area contributed by atoms with Crippen LogP contribution in [-0.2, 0) is 9.59 Å². The van der Waals surface area contributed by atoms with Crippen LogP contribution < -0.4 is 9.64 Å². The number of anilines is 1. The first-order valence-corrected chi connectivity index (χ1v) is 9.24. The molecule has 8 heteroatoms. The summed E-state index contributed by atoms with van der Waals surface area (Å²) in [5.41, 5.74) is 0.534. The minimum atomic E-state index is -1.05. The smallest absolute Gasteiger partial charge is 0.344 e. The summed E-state index contributed by atoms with van der Waals surface area (Å²) in [7, 11) is 0. The lowest BCUT2D eigenvalue weighted by Crippen LogP contribution is -2.28. The van der Waals surface area contributed by atoms with Gasteiger partial charge in [-0.3, -0.25) is 9.59 Å². The largest absolute Gasteiger partial charge is 0.479 e. The third-order valence-electron chi connectivity index (χ3n) is 3.99. The molecule has 1 heterocycles. The zero-order chi connectivity index (χ0) is 20.3. The number of aliphatic carboxylic acids is 1. The van der Waals surface area contributed by atoms with Crippen molar-refractivity contribution in [1.29, 1.82) is 0 Å². The predicted molar refractivity (Wildman–Crippen MR) is 104 cm³/mol. The number of ether oxygens (including phenoxy) is 1. The van der Waals surface area contributed by atoms with Crippen molar-refractivity contribution in [2.75, 3.05) is 4.90 Å². The van der Waals surface area contributed by atoms with Crippen molar-refractivity contribution in [3.63, 3.8) is 0 Å². The molecule has 2 aromatic rings. The van der Waals surface area contributed by atoms with Gasteiger partial charge in [-0.1, -0.05) is 31.2 Å². The molecule has 1 aliphatic rings. The Bertz CT molecular complexity index is 957. The van der Waals surface area contributed by atoms with Crippen molar-refractivity contribution in [2.24, 2.45) is 0 Å². The quantitative estimate of drug-likeness (QED) is 0.726. The van der Waals surface area contributed by atoms with E-state index in [2.05, 4.69) is 0 Å². The summed E-state index contributed by atoms with van der Waals surface area (Å²) in [5.74, 6) is -1.92. The monoisotopic (exact) mass is 401 g/mol. The SMILES string of the molecule is CCC(Oc1ccc(/C=C2/SC(=O)N(c3ccccc3F)C2=O)cc1)C(=O)O. The van der Waals surface area contributed by atoms with E-state index in [4.69, 9.17) is 9.84 Å². The van der Waals surface area contributed by atoms with E-state index in [1.807, 2.05) is 0 Å². The highest BCUT2D eigenvalue weighted by atomic mass is 32.2. The van der Waals surface area contributed by atoms with Crippen LogP contribution in [0.15, 0.2) is 53.4 Å². The third-order valence-corrected chi connectivity index (χ3v) is 4.86.